The molecule has 1 N–H and O–H groups in total. The number of carbonyl (C=O) groups excluding carboxylic acids is 1. The van der Waals surface area contributed by atoms with E-state index in [0.717, 1.165) is 6.42 Å². The Morgan fingerprint density at radius 3 is 2.17 bits per heavy atom. The Hall–Kier alpha value is -0.610. The molecule has 0 aliphatic carbocycles. The third kappa shape index (κ3) is 6.36. The summed E-state index contributed by atoms with van der Waals surface area (Å²) in [6.07, 6.45) is 1.13. The number of methoxy groups -OCH3 is 1. The highest BCUT2D eigenvalue weighted by Crippen LogP contribution is 2.13. The van der Waals surface area contributed by atoms with Gasteiger partial charge in [-0.25, -0.2) is 4.79 Å². The number of ether oxygens (including phenoxy) is 2. The van der Waals surface area contributed by atoms with Crippen LogP contribution >= 0.6 is 0 Å². The minimum atomic E-state index is -0.784. The number of rotatable bonds is 8. The molecule has 0 amide bonds. The summed E-state index contributed by atoms with van der Waals surface area (Å²) in [5.41, 5.74) is -0.784. The lowest BCUT2D eigenvalue weighted by Crippen LogP contribution is -2.56. The summed E-state index contributed by atoms with van der Waals surface area (Å²) in [6.45, 7) is 12.5. The zero-order valence-corrected chi connectivity index (χ0v) is 12.9. The summed E-state index contributed by atoms with van der Waals surface area (Å²) in [6, 6.07) is 0.193. The van der Waals surface area contributed by atoms with Crippen LogP contribution in [0.15, 0.2) is 0 Å². The third-order valence-corrected chi connectivity index (χ3v) is 2.70. The van der Waals surface area contributed by atoms with E-state index in [9.17, 15) is 4.79 Å². The second-order valence-corrected chi connectivity index (χ2v) is 5.87. The van der Waals surface area contributed by atoms with Gasteiger partial charge in [0.1, 0.15) is 5.54 Å². The molecule has 0 saturated carbocycles. The molecule has 0 radical (unpaired) electrons. The van der Waals surface area contributed by atoms with Gasteiger partial charge < -0.3 is 9.47 Å². The fourth-order valence-corrected chi connectivity index (χ4v) is 2.06. The predicted octanol–water partition coefficient (Wildman–Crippen LogP) is 2.37. The molecule has 0 bridgehead atoms. The number of hydrogen-bond acceptors (Lipinski definition) is 4. The zero-order valence-electron chi connectivity index (χ0n) is 12.9. The van der Waals surface area contributed by atoms with Gasteiger partial charge in [-0.15, -0.1) is 0 Å². The van der Waals surface area contributed by atoms with E-state index < -0.39 is 5.54 Å². The van der Waals surface area contributed by atoms with E-state index in [1.54, 1.807) is 0 Å². The Morgan fingerprint density at radius 2 is 1.78 bits per heavy atom. The van der Waals surface area contributed by atoms with Gasteiger partial charge in [-0.3, -0.25) is 5.32 Å². The van der Waals surface area contributed by atoms with Crippen molar-refractivity contribution < 1.29 is 14.3 Å². The second-order valence-electron chi connectivity index (χ2n) is 5.87. The van der Waals surface area contributed by atoms with Crippen LogP contribution < -0.4 is 5.32 Å². The first kappa shape index (κ1) is 17.4. The number of esters is 1. The first-order chi connectivity index (χ1) is 8.21. The van der Waals surface area contributed by atoms with E-state index in [-0.39, 0.29) is 18.1 Å². The average Bonchev–Trinajstić information content (AvgIpc) is 2.23. The van der Waals surface area contributed by atoms with Gasteiger partial charge in [-0.2, -0.15) is 0 Å². The van der Waals surface area contributed by atoms with Crippen LogP contribution in [0.5, 0.6) is 0 Å². The maximum atomic E-state index is 11.8. The van der Waals surface area contributed by atoms with Crippen LogP contribution in [0.1, 0.15) is 48.0 Å². The van der Waals surface area contributed by atoms with Crippen molar-refractivity contribution in [2.45, 2.75) is 65.6 Å². The van der Waals surface area contributed by atoms with Gasteiger partial charge in [0, 0.05) is 6.04 Å². The molecule has 0 aliphatic rings. The molecule has 0 aliphatic heterocycles. The minimum absolute atomic E-state index is 0.142. The predicted molar refractivity (Wildman–Crippen MR) is 73.6 cm³/mol. The van der Waals surface area contributed by atoms with Crippen LogP contribution in [-0.2, 0) is 14.3 Å². The molecule has 0 heterocycles. The zero-order chi connectivity index (χ0) is 14.3. The summed E-state index contributed by atoms with van der Waals surface area (Å²) in [5, 5.41) is 3.22. The van der Waals surface area contributed by atoms with Gasteiger partial charge in [-0.1, -0.05) is 13.8 Å². The monoisotopic (exact) mass is 259 g/mol. The van der Waals surface area contributed by atoms with Crippen molar-refractivity contribution >= 4 is 5.97 Å². The van der Waals surface area contributed by atoms with Crippen molar-refractivity contribution in [1.82, 2.24) is 5.32 Å². The molecule has 0 aromatic rings. The van der Waals surface area contributed by atoms with E-state index in [2.05, 4.69) is 19.2 Å². The summed E-state index contributed by atoms with van der Waals surface area (Å²) in [5.74, 6) is 0.301. The Kier molecular flexibility index (Phi) is 7.48. The van der Waals surface area contributed by atoms with Gasteiger partial charge in [0.15, 0.2) is 0 Å². The first-order valence-corrected chi connectivity index (χ1v) is 6.69. The highest BCUT2D eigenvalue weighted by Gasteiger charge is 2.35. The Bertz CT molecular complexity index is 253. The second kappa shape index (κ2) is 7.74. The SMILES string of the molecule is COC(=O)C(C)(COC(C)CC(C)C)NC(C)C. The molecule has 0 saturated heterocycles. The van der Waals surface area contributed by atoms with Gasteiger partial charge in [-0.05, 0) is 40.0 Å². The van der Waals surface area contributed by atoms with Crippen molar-refractivity contribution in [2.24, 2.45) is 5.92 Å². The van der Waals surface area contributed by atoms with Gasteiger partial charge in [0.05, 0.1) is 19.8 Å². The average molecular weight is 259 g/mol. The van der Waals surface area contributed by atoms with Crippen LogP contribution in [-0.4, -0.2) is 37.4 Å². The maximum absolute atomic E-state index is 11.8. The molecule has 0 rings (SSSR count). The summed E-state index contributed by atoms with van der Waals surface area (Å²) in [4.78, 5) is 11.8. The molecular weight excluding hydrogens is 230 g/mol. The lowest BCUT2D eigenvalue weighted by atomic mass is 10.0. The van der Waals surface area contributed by atoms with Crippen LogP contribution in [0.2, 0.25) is 0 Å². The van der Waals surface area contributed by atoms with Gasteiger partial charge >= 0.3 is 5.97 Å². The number of hydrogen-bond donors (Lipinski definition) is 1. The van der Waals surface area contributed by atoms with Crippen LogP contribution in [0.25, 0.3) is 0 Å². The lowest BCUT2D eigenvalue weighted by Gasteiger charge is -2.31. The Labute approximate surface area is 111 Å². The van der Waals surface area contributed by atoms with Crippen LogP contribution in [0, 0.1) is 5.92 Å². The fraction of sp³-hybridized carbons (Fsp3) is 0.929. The Morgan fingerprint density at radius 1 is 1.22 bits per heavy atom. The van der Waals surface area contributed by atoms with E-state index >= 15 is 0 Å². The summed E-state index contributed by atoms with van der Waals surface area (Å²) in [7, 11) is 1.40. The van der Waals surface area contributed by atoms with E-state index in [4.69, 9.17) is 9.47 Å². The quantitative estimate of drug-likeness (QED) is 0.680. The fourth-order valence-electron chi connectivity index (χ4n) is 2.06. The molecule has 0 spiro atoms. The molecule has 2 unspecified atom stereocenters. The molecule has 0 aromatic heterocycles. The smallest absolute Gasteiger partial charge is 0.328 e. The number of nitrogens with one attached hydrogen (secondary N) is 1. The van der Waals surface area contributed by atoms with Crippen molar-refractivity contribution in [1.29, 1.82) is 0 Å². The molecule has 0 aromatic carbocycles. The van der Waals surface area contributed by atoms with Crippen LogP contribution in [0.4, 0.5) is 0 Å². The maximum Gasteiger partial charge on any atom is 0.328 e. The first-order valence-electron chi connectivity index (χ1n) is 6.69. The van der Waals surface area contributed by atoms with E-state index in [1.807, 2.05) is 27.7 Å². The van der Waals surface area contributed by atoms with Gasteiger partial charge in [0.25, 0.3) is 0 Å². The molecule has 18 heavy (non-hydrogen) atoms. The highest BCUT2D eigenvalue weighted by atomic mass is 16.5. The molecule has 4 nitrogen and oxygen atoms in total. The summed E-state index contributed by atoms with van der Waals surface area (Å²) >= 11 is 0. The normalized spacial score (nSPS) is 16.7. The topological polar surface area (TPSA) is 47.6 Å². The van der Waals surface area contributed by atoms with Gasteiger partial charge in [0.2, 0.25) is 0 Å². The van der Waals surface area contributed by atoms with E-state index in [1.165, 1.54) is 7.11 Å². The molecule has 4 heteroatoms. The number of carbonyl (C=O) groups is 1. The standard InChI is InChI=1S/C14H29NO3/c1-10(2)8-12(5)18-9-14(6,13(16)17-7)15-11(3)4/h10-12,15H,8-9H2,1-7H3. The Balaban J connectivity index is 4.46. The molecule has 2 atom stereocenters. The van der Waals surface area contributed by atoms with E-state index in [0.29, 0.717) is 12.5 Å². The van der Waals surface area contributed by atoms with Crippen molar-refractivity contribution in [3.8, 4) is 0 Å². The van der Waals surface area contributed by atoms with Crippen molar-refractivity contribution in [3.63, 3.8) is 0 Å². The molecule has 108 valence electrons. The third-order valence-electron chi connectivity index (χ3n) is 2.70. The largest absolute Gasteiger partial charge is 0.468 e. The lowest BCUT2D eigenvalue weighted by molar-refractivity contribution is -0.152. The molecular formula is C14H29NO3. The van der Waals surface area contributed by atoms with Crippen molar-refractivity contribution in [2.75, 3.05) is 13.7 Å². The molecule has 0 fully saturated rings. The van der Waals surface area contributed by atoms with Crippen molar-refractivity contribution in [3.05, 3.63) is 0 Å². The highest BCUT2D eigenvalue weighted by molar-refractivity contribution is 5.80. The minimum Gasteiger partial charge on any atom is -0.468 e. The van der Waals surface area contributed by atoms with Crippen LogP contribution in [0.3, 0.4) is 0 Å². The summed E-state index contributed by atoms with van der Waals surface area (Å²) < 4.78 is 10.6.